The monoisotopic (exact) mass is 361 g/mol. The molecular weight excluding hydrogens is 342 g/mol. The van der Waals surface area contributed by atoms with Gasteiger partial charge in [-0.2, -0.15) is 0 Å². The number of aromatic nitrogens is 2. The van der Waals surface area contributed by atoms with Crippen LogP contribution in [0.3, 0.4) is 0 Å². The van der Waals surface area contributed by atoms with Crippen molar-refractivity contribution in [2.24, 2.45) is 0 Å². The number of nitrogens with zero attached hydrogens (tertiary/aromatic N) is 3. The number of esters is 1. The van der Waals surface area contributed by atoms with Gasteiger partial charge in [0.2, 0.25) is 0 Å². The van der Waals surface area contributed by atoms with Crippen LogP contribution < -0.4 is 9.64 Å². The van der Waals surface area contributed by atoms with Gasteiger partial charge in [0.25, 0.3) is 5.91 Å². The first-order valence-corrected chi connectivity index (χ1v) is 8.73. The molecule has 0 fully saturated rings. The van der Waals surface area contributed by atoms with Gasteiger partial charge in [-0.25, -0.2) is 0 Å². The van der Waals surface area contributed by atoms with E-state index in [1.54, 1.807) is 11.0 Å². The zero-order chi connectivity index (χ0) is 18.0. The van der Waals surface area contributed by atoms with Crippen LogP contribution in [0.2, 0.25) is 0 Å². The summed E-state index contributed by atoms with van der Waals surface area (Å²) in [6, 6.07) is 7.28. The van der Waals surface area contributed by atoms with Crippen molar-refractivity contribution in [1.82, 2.24) is 9.59 Å². The topological polar surface area (TPSA) is 81.6 Å². The molecule has 1 unspecified atom stereocenters. The second kappa shape index (κ2) is 7.18. The van der Waals surface area contributed by atoms with Crippen LogP contribution in [0.15, 0.2) is 24.3 Å². The molecule has 1 aliphatic heterocycles. The van der Waals surface area contributed by atoms with E-state index in [2.05, 4.69) is 14.3 Å². The minimum atomic E-state index is -0.897. The van der Waals surface area contributed by atoms with E-state index in [-0.39, 0.29) is 18.2 Å². The first-order valence-electron chi connectivity index (χ1n) is 7.96. The summed E-state index contributed by atoms with van der Waals surface area (Å²) in [5, 5.41) is 4.17. The van der Waals surface area contributed by atoms with Gasteiger partial charge < -0.3 is 14.4 Å². The van der Waals surface area contributed by atoms with Crippen molar-refractivity contribution in [3.05, 3.63) is 34.8 Å². The smallest absolute Gasteiger partial charge is 0.309 e. The Hall–Kier alpha value is -2.48. The zero-order valence-electron chi connectivity index (χ0n) is 14.3. The maximum atomic E-state index is 12.9. The standard InChI is InChI=1S/C17H19N3O4S/c1-10(2)16-14(25-19-18-16)9-20-11-6-4-5-7-12(11)24-13(17(20)22)8-15(21)23-3/h4-7,10,13H,8-9H2,1-3H3. The Morgan fingerprint density at radius 3 is 2.88 bits per heavy atom. The van der Waals surface area contributed by atoms with E-state index in [4.69, 9.17) is 4.74 Å². The third-order valence-corrected chi connectivity index (χ3v) is 4.70. The van der Waals surface area contributed by atoms with Crippen molar-refractivity contribution in [2.75, 3.05) is 12.0 Å². The number of hydrogen-bond acceptors (Lipinski definition) is 7. The third kappa shape index (κ3) is 3.48. The van der Waals surface area contributed by atoms with E-state index in [9.17, 15) is 9.59 Å². The summed E-state index contributed by atoms with van der Waals surface area (Å²) >= 11 is 1.28. The quantitative estimate of drug-likeness (QED) is 0.761. The van der Waals surface area contributed by atoms with Crippen LogP contribution in [-0.4, -0.2) is 34.7 Å². The Morgan fingerprint density at radius 2 is 2.16 bits per heavy atom. The van der Waals surface area contributed by atoms with Crippen LogP contribution in [0.1, 0.15) is 36.8 Å². The predicted octanol–water partition coefficient (Wildman–Crippen LogP) is 2.52. The van der Waals surface area contributed by atoms with Crippen molar-refractivity contribution >= 4 is 29.1 Å². The Balaban J connectivity index is 1.93. The average molecular weight is 361 g/mol. The molecule has 8 heteroatoms. The molecule has 1 atom stereocenters. The number of benzene rings is 1. The average Bonchev–Trinajstić information content (AvgIpc) is 3.07. The lowest BCUT2D eigenvalue weighted by atomic mass is 10.1. The van der Waals surface area contributed by atoms with Gasteiger partial charge in [0, 0.05) is 0 Å². The Labute approximate surface area is 149 Å². The Kier molecular flexibility index (Phi) is 4.98. The van der Waals surface area contributed by atoms with Crippen LogP contribution >= 0.6 is 11.5 Å². The summed E-state index contributed by atoms with van der Waals surface area (Å²) in [5.74, 6) is 0.0257. The zero-order valence-corrected chi connectivity index (χ0v) is 15.1. The van der Waals surface area contributed by atoms with E-state index in [1.807, 2.05) is 32.0 Å². The van der Waals surface area contributed by atoms with Gasteiger partial charge in [-0.15, -0.1) is 5.10 Å². The highest BCUT2D eigenvalue weighted by atomic mass is 32.1. The van der Waals surface area contributed by atoms with Crippen molar-refractivity contribution < 1.29 is 19.1 Å². The van der Waals surface area contributed by atoms with Crippen molar-refractivity contribution in [2.45, 2.75) is 38.8 Å². The summed E-state index contributed by atoms with van der Waals surface area (Å²) in [7, 11) is 1.29. The lowest BCUT2D eigenvalue weighted by molar-refractivity contribution is -0.145. The molecule has 2 aromatic rings. The molecule has 25 heavy (non-hydrogen) atoms. The number of fused-ring (bicyclic) bond motifs is 1. The summed E-state index contributed by atoms with van der Waals surface area (Å²) in [5.41, 5.74) is 1.56. The fraction of sp³-hybridized carbons (Fsp3) is 0.412. The van der Waals surface area contributed by atoms with Gasteiger partial charge in [-0.3, -0.25) is 9.59 Å². The van der Waals surface area contributed by atoms with Gasteiger partial charge in [0.15, 0.2) is 6.10 Å². The maximum absolute atomic E-state index is 12.9. The van der Waals surface area contributed by atoms with Crippen LogP contribution in [-0.2, 0) is 20.9 Å². The Morgan fingerprint density at radius 1 is 1.40 bits per heavy atom. The highest BCUT2D eigenvalue weighted by Crippen LogP contribution is 2.36. The number of amides is 1. The molecule has 0 bridgehead atoms. The van der Waals surface area contributed by atoms with Crippen molar-refractivity contribution in [3.63, 3.8) is 0 Å². The number of anilines is 1. The number of hydrogen-bond donors (Lipinski definition) is 0. The molecule has 1 aliphatic rings. The number of ether oxygens (including phenoxy) is 2. The summed E-state index contributed by atoms with van der Waals surface area (Å²) < 4.78 is 14.4. The minimum absolute atomic E-state index is 0.127. The third-order valence-electron chi connectivity index (χ3n) is 3.98. The summed E-state index contributed by atoms with van der Waals surface area (Å²) in [6.07, 6.45) is -1.02. The molecule has 0 spiro atoms. The van der Waals surface area contributed by atoms with Crippen molar-refractivity contribution in [3.8, 4) is 5.75 Å². The molecule has 2 heterocycles. The van der Waals surface area contributed by atoms with Gasteiger partial charge in [0.1, 0.15) is 5.75 Å². The van der Waals surface area contributed by atoms with Gasteiger partial charge in [0.05, 0.1) is 36.3 Å². The SMILES string of the molecule is COC(=O)CC1Oc2ccccc2N(Cc2snnc2C(C)C)C1=O. The largest absolute Gasteiger partial charge is 0.478 e. The molecule has 0 saturated heterocycles. The second-order valence-corrected chi connectivity index (χ2v) is 6.85. The van der Waals surface area contributed by atoms with Gasteiger partial charge >= 0.3 is 5.97 Å². The maximum Gasteiger partial charge on any atom is 0.309 e. The molecule has 1 aromatic heterocycles. The van der Waals surface area contributed by atoms with Crippen LogP contribution in [0.25, 0.3) is 0 Å². The number of rotatable bonds is 5. The first kappa shape index (κ1) is 17.3. The van der Waals surface area contributed by atoms with E-state index in [0.29, 0.717) is 18.0 Å². The highest BCUT2D eigenvalue weighted by molar-refractivity contribution is 7.05. The Bertz CT molecular complexity index is 790. The van der Waals surface area contributed by atoms with E-state index >= 15 is 0 Å². The number of carbonyl (C=O) groups is 2. The fourth-order valence-electron chi connectivity index (χ4n) is 2.71. The molecule has 132 valence electrons. The molecule has 0 radical (unpaired) electrons. The van der Waals surface area contributed by atoms with Crippen LogP contribution in [0.5, 0.6) is 5.75 Å². The lowest BCUT2D eigenvalue weighted by Gasteiger charge is -2.33. The van der Waals surface area contributed by atoms with E-state index in [1.165, 1.54) is 18.6 Å². The van der Waals surface area contributed by atoms with Crippen LogP contribution in [0, 0.1) is 0 Å². The molecule has 3 rings (SSSR count). The van der Waals surface area contributed by atoms with Gasteiger partial charge in [-0.05, 0) is 29.6 Å². The fourth-order valence-corrected chi connectivity index (χ4v) is 3.49. The number of carbonyl (C=O) groups excluding carboxylic acids is 2. The summed E-state index contributed by atoms with van der Waals surface area (Å²) in [6.45, 7) is 4.42. The first-order chi connectivity index (χ1) is 12.0. The van der Waals surface area contributed by atoms with Gasteiger partial charge in [-0.1, -0.05) is 30.5 Å². The molecular formula is C17H19N3O4S. The van der Waals surface area contributed by atoms with Crippen LogP contribution in [0.4, 0.5) is 5.69 Å². The van der Waals surface area contributed by atoms with Crippen molar-refractivity contribution in [1.29, 1.82) is 0 Å². The molecule has 7 nitrogen and oxygen atoms in total. The normalized spacial score (nSPS) is 16.6. The summed E-state index contributed by atoms with van der Waals surface area (Å²) in [4.78, 5) is 27.1. The second-order valence-electron chi connectivity index (χ2n) is 6.01. The molecule has 0 N–H and O–H groups in total. The van der Waals surface area contributed by atoms with E-state index in [0.717, 1.165) is 10.6 Å². The molecule has 1 amide bonds. The molecule has 1 aromatic carbocycles. The van der Waals surface area contributed by atoms with E-state index < -0.39 is 12.1 Å². The number of para-hydroxylation sites is 2. The minimum Gasteiger partial charge on any atom is -0.478 e. The lowest BCUT2D eigenvalue weighted by Crippen LogP contribution is -2.46. The predicted molar refractivity (Wildman–Crippen MR) is 92.7 cm³/mol. The molecule has 0 saturated carbocycles. The number of methoxy groups -OCH3 is 1. The molecule has 0 aliphatic carbocycles. The highest BCUT2D eigenvalue weighted by Gasteiger charge is 2.36.